The highest BCUT2D eigenvalue weighted by molar-refractivity contribution is 5.84. The molecule has 0 N–H and O–H groups in total. The van der Waals surface area contributed by atoms with E-state index >= 15 is 0 Å². The van der Waals surface area contributed by atoms with Gasteiger partial charge in [0.05, 0.1) is 0 Å². The zero-order valence-corrected chi connectivity index (χ0v) is 19.7. The maximum absolute atomic E-state index is 12.7. The van der Waals surface area contributed by atoms with Crippen LogP contribution in [0.5, 0.6) is 0 Å². The molecule has 0 bridgehead atoms. The Morgan fingerprint density at radius 1 is 0.469 bits per heavy atom. The second kappa shape index (κ2) is 13.8. The molecule has 4 aromatic carbocycles. The first-order valence-corrected chi connectivity index (χ1v) is 11.6. The zero-order valence-electron chi connectivity index (χ0n) is 19.7. The Kier molecular flexibility index (Phi) is 10.7. The van der Waals surface area contributed by atoms with Crippen molar-refractivity contribution in [3.63, 3.8) is 0 Å². The first-order chi connectivity index (χ1) is 15.8. The third kappa shape index (κ3) is 7.35. The van der Waals surface area contributed by atoms with Gasteiger partial charge in [-0.25, -0.2) is 0 Å². The van der Waals surface area contributed by atoms with Crippen LogP contribution in [0.15, 0.2) is 109 Å². The van der Waals surface area contributed by atoms with Crippen LogP contribution in [-0.4, -0.2) is 5.78 Å². The smallest absolute Gasteiger partial charge is 0.141 e. The van der Waals surface area contributed by atoms with Crippen molar-refractivity contribution in [1.29, 1.82) is 0 Å². The summed E-state index contributed by atoms with van der Waals surface area (Å²) in [6.45, 7) is 8.00. The summed E-state index contributed by atoms with van der Waals surface area (Å²) < 4.78 is 0. The molecule has 0 atom stereocenters. The number of hydrogen-bond donors (Lipinski definition) is 0. The number of rotatable bonds is 6. The lowest BCUT2D eigenvalue weighted by atomic mass is 9.97. The highest BCUT2D eigenvalue weighted by atomic mass is 16.1. The molecule has 0 aromatic heterocycles. The van der Waals surface area contributed by atoms with E-state index in [0.717, 1.165) is 22.3 Å². The van der Waals surface area contributed by atoms with Crippen molar-refractivity contribution in [3.05, 3.63) is 120 Å². The van der Waals surface area contributed by atoms with Gasteiger partial charge in [0, 0.05) is 12.8 Å². The van der Waals surface area contributed by atoms with E-state index in [2.05, 4.69) is 48.5 Å². The van der Waals surface area contributed by atoms with E-state index in [1.54, 1.807) is 0 Å². The molecule has 0 aliphatic carbocycles. The third-order valence-corrected chi connectivity index (χ3v) is 4.87. The second-order valence-corrected chi connectivity index (χ2v) is 7.03. The Balaban J connectivity index is 0.000000860. The van der Waals surface area contributed by atoms with Crippen LogP contribution in [0.1, 0.15) is 38.8 Å². The van der Waals surface area contributed by atoms with E-state index in [1.165, 1.54) is 11.1 Å². The molecular formula is C31H34O. The molecule has 0 fully saturated rings. The molecule has 0 aliphatic rings. The van der Waals surface area contributed by atoms with Crippen LogP contribution < -0.4 is 0 Å². The van der Waals surface area contributed by atoms with E-state index in [1.807, 2.05) is 88.4 Å². The summed E-state index contributed by atoms with van der Waals surface area (Å²) in [6.07, 6.45) is 0.909. The molecule has 0 radical (unpaired) electrons. The van der Waals surface area contributed by atoms with Crippen LogP contribution in [0.3, 0.4) is 0 Å². The quantitative estimate of drug-likeness (QED) is 0.305. The van der Waals surface area contributed by atoms with Crippen molar-refractivity contribution >= 4 is 5.78 Å². The summed E-state index contributed by atoms with van der Waals surface area (Å²) in [4.78, 5) is 12.7. The number of benzene rings is 4. The average molecular weight is 423 g/mol. The van der Waals surface area contributed by atoms with E-state index in [0.29, 0.717) is 12.8 Å². The molecule has 0 saturated carbocycles. The summed E-state index contributed by atoms with van der Waals surface area (Å²) >= 11 is 0. The van der Waals surface area contributed by atoms with Gasteiger partial charge in [-0.15, -0.1) is 0 Å². The minimum absolute atomic E-state index is 0.232. The molecular weight excluding hydrogens is 388 g/mol. The lowest BCUT2D eigenvalue weighted by Crippen LogP contribution is -2.06. The van der Waals surface area contributed by atoms with Gasteiger partial charge in [0.1, 0.15) is 5.78 Å². The first kappa shape index (κ1) is 24.8. The van der Waals surface area contributed by atoms with Crippen LogP contribution in [0.25, 0.3) is 22.3 Å². The Morgan fingerprint density at radius 3 is 1.19 bits per heavy atom. The SMILES string of the molecule is CC.CC.O=C(Cc1cccc(-c2ccccc2)c1)Cc1cccc(-c2ccccc2)c1. The molecule has 0 unspecified atom stereocenters. The standard InChI is InChI=1S/C27H22O.2C2H6/c28-27(19-21-9-7-15-25(17-21)23-11-3-1-4-12-23)20-22-10-8-16-26(18-22)24-13-5-2-6-14-24;2*1-2/h1-18H,19-20H2;2*1-2H3. The van der Waals surface area contributed by atoms with E-state index < -0.39 is 0 Å². The summed E-state index contributed by atoms with van der Waals surface area (Å²) in [6, 6.07) is 37.1. The highest BCUT2D eigenvalue weighted by Crippen LogP contribution is 2.22. The molecule has 0 saturated heterocycles. The summed E-state index contributed by atoms with van der Waals surface area (Å²) in [7, 11) is 0. The first-order valence-electron chi connectivity index (χ1n) is 11.6. The van der Waals surface area contributed by atoms with Crippen molar-refractivity contribution in [2.75, 3.05) is 0 Å². The summed E-state index contributed by atoms with van der Waals surface area (Å²) in [5.74, 6) is 0.232. The van der Waals surface area contributed by atoms with Crippen LogP contribution >= 0.6 is 0 Å². The fourth-order valence-electron chi connectivity index (χ4n) is 3.50. The van der Waals surface area contributed by atoms with Gasteiger partial charge in [0.15, 0.2) is 0 Å². The lowest BCUT2D eigenvalue weighted by molar-refractivity contribution is -0.117. The highest BCUT2D eigenvalue weighted by Gasteiger charge is 2.08. The van der Waals surface area contributed by atoms with Crippen molar-refractivity contribution in [2.45, 2.75) is 40.5 Å². The van der Waals surface area contributed by atoms with E-state index in [-0.39, 0.29) is 5.78 Å². The largest absolute Gasteiger partial charge is 0.299 e. The van der Waals surface area contributed by atoms with Crippen LogP contribution in [-0.2, 0) is 17.6 Å². The maximum atomic E-state index is 12.7. The van der Waals surface area contributed by atoms with Crippen molar-refractivity contribution in [3.8, 4) is 22.3 Å². The fourth-order valence-corrected chi connectivity index (χ4v) is 3.50. The molecule has 0 heterocycles. The Morgan fingerprint density at radius 2 is 0.812 bits per heavy atom. The summed E-state index contributed by atoms with van der Waals surface area (Å²) in [5, 5.41) is 0. The van der Waals surface area contributed by atoms with Gasteiger partial charge in [-0.2, -0.15) is 0 Å². The number of ketones is 1. The molecule has 1 nitrogen and oxygen atoms in total. The maximum Gasteiger partial charge on any atom is 0.141 e. The topological polar surface area (TPSA) is 17.1 Å². The molecule has 32 heavy (non-hydrogen) atoms. The van der Waals surface area contributed by atoms with Crippen molar-refractivity contribution in [1.82, 2.24) is 0 Å². The molecule has 4 aromatic rings. The van der Waals surface area contributed by atoms with Gasteiger partial charge in [-0.05, 0) is 33.4 Å². The molecule has 1 heteroatoms. The molecule has 0 spiro atoms. The molecule has 164 valence electrons. The predicted octanol–water partition coefficient (Wildman–Crippen LogP) is 8.43. The molecule has 0 aliphatic heterocycles. The Bertz CT molecular complexity index is 979. The van der Waals surface area contributed by atoms with Gasteiger partial charge in [-0.3, -0.25) is 4.79 Å². The van der Waals surface area contributed by atoms with Gasteiger partial charge in [0.25, 0.3) is 0 Å². The van der Waals surface area contributed by atoms with Gasteiger partial charge < -0.3 is 0 Å². The van der Waals surface area contributed by atoms with Crippen LogP contribution in [0.4, 0.5) is 0 Å². The van der Waals surface area contributed by atoms with Crippen LogP contribution in [0, 0.1) is 0 Å². The number of hydrogen-bond acceptors (Lipinski definition) is 1. The monoisotopic (exact) mass is 422 g/mol. The normalized spacial score (nSPS) is 9.62. The average Bonchev–Trinajstić information content (AvgIpc) is 2.88. The molecule has 0 amide bonds. The van der Waals surface area contributed by atoms with Gasteiger partial charge in [-0.1, -0.05) is 137 Å². The minimum atomic E-state index is 0.232. The Hall–Kier alpha value is -3.45. The number of Topliss-reactive ketones (excluding diaryl/α,β-unsaturated/α-hetero) is 1. The second-order valence-electron chi connectivity index (χ2n) is 7.03. The van der Waals surface area contributed by atoms with Gasteiger partial charge in [0.2, 0.25) is 0 Å². The van der Waals surface area contributed by atoms with E-state index in [9.17, 15) is 4.79 Å². The summed E-state index contributed by atoms with van der Waals surface area (Å²) in [5.41, 5.74) is 6.77. The van der Waals surface area contributed by atoms with Crippen molar-refractivity contribution in [2.24, 2.45) is 0 Å². The lowest BCUT2D eigenvalue weighted by Gasteiger charge is -2.07. The van der Waals surface area contributed by atoms with E-state index in [4.69, 9.17) is 0 Å². The van der Waals surface area contributed by atoms with Crippen molar-refractivity contribution < 1.29 is 4.79 Å². The van der Waals surface area contributed by atoms with Gasteiger partial charge >= 0.3 is 0 Å². The van der Waals surface area contributed by atoms with Crippen LogP contribution in [0.2, 0.25) is 0 Å². The predicted molar refractivity (Wildman–Crippen MR) is 139 cm³/mol. The Labute approximate surface area is 193 Å². The zero-order chi connectivity index (χ0) is 23.2. The third-order valence-electron chi connectivity index (χ3n) is 4.87. The molecule has 4 rings (SSSR count). The number of carbonyl (C=O) groups excluding carboxylic acids is 1. The fraction of sp³-hybridized carbons (Fsp3) is 0.194. The minimum Gasteiger partial charge on any atom is -0.299 e. The number of carbonyl (C=O) groups is 1.